The minimum absolute atomic E-state index is 0.387. The third-order valence-electron chi connectivity index (χ3n) is 3.25. The first-order valence-electron chi connectivity index (χ1n) is 6.03. The Morgan fingerprint density at radius 1 is 1.35 bits per heavy atom. The number of nitrogens with zero attached hydrogens (tertiary/aromatic N) is 2. The van der Waals surface area contributed by atoms with E-state index in [0.717, 1.165) is 18.3 Å². The number of carbonyl (C=O) groups excluding carboxylic acids is 2. The third kappa shape index (κ3) is 2.26. The molecule has 1 N–H and O–H groups in total. The molecule has 2 rings (SSSR count). The SMILES string of the molecule is CC[C@@]1(C)NC(=O)N(/N=C\c2c(F)cccc2F)C1=O. The summed E-state index contributed by atoms with van der Waals surface area (Å²) >= 11 is 0. The maximum absolute atomic E-state index is 13.4. The highest BCUT2D eigenvalue weighted by Gasteiger charge is 2.46. The fourth-order valence-electron chi connectivity index (χ4n) is 1.76. The molecule has 1 aromatic rings. The molecule has 0 unspecified atom stereocenters. The van der Waals surface area contributed by atoms with E-state index in [2.05, 4.69) is 10.4 Å². The van der Waals surface area contributed by atoms with Gasteiger partial charge in [0.05, 0.1) is 11.8 Å². The first kappa shape index (κ1) is 14.1. The average Bonchev–Trinajstić information content (AvgIpc) is 2.61. The second-order valence-corrected chi connectivity index (χ2v) is 4.61. The molecular weight excluding hydrogens is 268 g/mol. The monoisotopic (exact) mass is 281 g/mol. The Labute approximate surface area is 114 Å². The van der Waals surface area contributed by atoms with Crippen LogP contribution >= 0.6 is 0 Å². The zero-order valence-corrected chi connectivity index (χ0v) is 11.0. The number of urea groups is 1. The van der Waals surface area contributed by atoms with Crippen molar-refractivity contribution >= 4 is 18.2 Å². The van der Waals surface area contributed by atoms with Crippen molar-refractivity contribution in [2.75, 3.05) is 0 Å². The van der Waals surface area contributed by atoms with Gasteiger partial charge >= 0.3 is 6.03 Å². The topological polar surface area (TPSA) is 61.8 Å². The van der Waals surface area contributed by atoms with Gasteiger partial charge in [-0.05, 0) is 25.5 Å². The van der Waals surface area contributed by atoms with E-state index < -0.39 is 34.7 Å². The van der Waals surface area contributed by atoms with Crippen molar-refractivity contribution in [3.05, 3.63) is 35.4 Å². The van der Waals surface area contributed by atoms with Crippen LogP contribution in [0.4, 0.5) is 13.6 Å². The normalized spacial score (nSPS) is 22.7. The van der Waals surface area contributed by atoms with Gasteiger partial charge in [-0.25, -0.2) is 13.6 Å². The van der Waals surface area contributed by atoms with Gasteiger partial charge in [-0.2, -0.15) is 5.10 Å². The Hall–Kier alpha value is -2.31. The molecule has 20 heavy (non-hydrogen) atoms. The Morgan fingerprint density at radius 3 is 2.45 bits per heavy atom. The fraction of sp³-hybridized carbons (Fsp3) is 0.308. The van der Waals surface area contributed by atoms with E-state index in [1.807, 2.05) is 0 Å². The first-order valence-corrected chi connectivity index (χ1v) is 6.03. The number of benzene rings is 1. The summed E-state index contributed by atoms with van der Waals surface area (Å²) in [6.07, 6.45) is 1.21. The lowest BCUT2D eigenvalue weighted by molar-refractivity contribution is -0.130. The van der Waals surface area contributed by atoms with Gasteiger partial charge in [-0.1, -0.05) is 13.0 Å². The molecule has 1 saturated heterocycles. The van der Waals surface area contributed by atoms with Crippen molar-refractivity contribution in [2.45, 2.75) is 25.8 Å². The van der Waals surface area contributed by atoms with Gasteiger partial charge in [0.15, 0.2) is 0 Å². The van der Waals surface area contributed by atoms with Crippen molar-refractivity contribution in [3.63, 3.8) is 0 Å². The second-order valence-electron chi connectivity index (χ2n) is 4.61. The number of nitrogens with one attached hydrogen (secondary N) is 1. The summed E-state index contributed by atoms with van der Waals surface area (Å²) in [6.45, 7) is 3.30. The average molecular weight is 281 g/mol. The van der Waals surface area contributed by atoms with Crippen LogP contribution in [0, 0.1) is 11.6 Å². The number of hydrogen-bond donors (Lipinski definition) is 1. The Kier molecular flexibility index (Phi) is 3.52. The Morgan fingerprint density at radius 2 is 1.95 bits per heavy atom. The van der Waals surface area contributed by atoms with Gasteiger partial charge in [-0.15, -0.1) is 5.01 Å². The van der Waals surface area contributed by atoms with Crippen LogP contribution in [0.15, 0.2) is 23.3 Å². The standard InChI is InChI=1S/C13H13F2N3O2/c1-3-13(2)11(19)18(12(20)17-13)16-7-8-9(14)5-4-6-10(8)15/h4-7H,3H2,1-2H3,(H,17,20)/b16-7-/t13-/m1/s1. The number of carbonyl (C=O) groups is 2. The second kappa shape index (κ2) is 4.99. The minimum Gasteiger partial charge on any atom is -0.322 e. The smallest absolute Gasteiger partial charge is 0.322 e. The van der Waals surface area contributed by atoms with Crippen LogP contribution in [0.1, 0.15) is 25.8 Å². The molecule has 0 radical (unpaired) electrons. The maximum atomic E-state index is 13.4. The van der Waals surface area contributed by atoms with Crippen molar-refractivity contribution in [1.82, 2.24) is 10.3 Å². The number of hydrogen-bond acceptors (Lipinski definition) is 3. The summed E-state index contributed by atoms with van der Waals surface area (Å²) < 4.78 is 26.8. The number of rotatable bonds is 3. The van der Waals surface area contributed by atoms with Crippen LogP contribution in [-0.2, 0) is 4.79 Å². The molecule has 1 heterocycles. The third-order valence-corrected chi connectivity index (χ3v) is 3.25. The number of imide groups is 1. The van der Waals surface area contributed by atoms with Gasteiger partial charge in [0.25, 0.3) is 5.91 Å². The summed E-state index contributed by atoms with van der Waals surface area (Å²) in [5.74, 6) is -2.20. The van der Waals surface area contributed by atoms with E-state index in [-0.39, 0.29) is 0 Å². The van der Waals surface area contributed by atoms with Gasteiger partial charge in [0.2, 0.25) is 0 Å². The molecule has 3 amide bonds. The van der Waals surface area contributed by atoms with E-state index in [1.165, 1.54) is 6.07 Å². The minimum atomic E-state index is -1.04. The zero-order valence-electron chi connectivity index (χ0n) is 11.0. The van der Waals surface area contributed by atoms with E-state index in [4.69, 9.17) is 0 Å². The van der Waals surface area contributed by atoms with Crippen LogP contribution in [0.25, 0.3) is 0 Å². The summed E-state index contributed by atoms with van der Waals surface area (Å²) in [4.78, 5) is 23.6. The van der Waals surface area contributed by atoms with Crippen molar-refractivity contribution < 1.29 is 18.4 Å². The van der Waals surface area contributed by atoms with Crippen LogP contribution < -0.4 is 5.32 Å². The molecule has 0 saturated carbocycles. The van der Waals surface area contributed by atoms with Crippen LogP contribution in [0.5, 0.6) is 0 Å². The van der Waals surface area contributed by atoms with Crippen molar-refractivity contribution in [1.29, 1.82) is 0 Å². The summed E-state index contributed by atoms with van der Waals surface area (Å²) in [7, 11) is 0. The van der Waals surface area contributed by atoms with Crippen molar-refractivity contribution in [2.24, 2.45) is 5.10 Å². The van der Waals surface area contributed by atoms with Crippen LogP contribution in [-0.4, -0.2) is 28.7 Å². The molecule has 0 aliphatic carbocycles. The predicted octanol–water partition coefficient (Wildman–Crippen LogP) is 2.02. The van der Waals surface area contributed by atoms with Crippen molar-refractivity contribution in [3.8, 4) is 0 Å². The van der Waals surface area contributed by atoms with E-state index >= 15 is 0 Å². The van der Waals surface area contributed by atoms with Gasteiger partial charge in [-0.3, -0.25) is 4.79 Å². The highest BCUT2D eigenvalue weighted by atomic mass is 19.1. The summed E-state index contributed by atoms with van der Waals surface area (Å²) in [5, 5.41) is 6.65. The molecule has 1 fully saturated rings. The number of amides is 3. The Balaban J connectivity index is 2.29. The highest BCUT2D eigenvalue weighted by molar-refractivity contribution is 6.07. The fourth-order valence-corrected chi connectivity index (χ4v) is 1.76. The van der Waals surface area contributed by atoms with Crippen LogP contribution in [0.3, 0.4) is 0 Å². The number of hydrazone groups is 1. The molecular formula is C13H13F2N3O2. The Bertz CT molecular complexity index is 583. The van der Waals surface area contributed by atoms with Gasteiger partial charge in [0.1, 0.15) is 17.2 Å². The van der Waals surface area contributed by atoms with Crippen LogP contribution in [0.2, 0.25) is 0 Å². The molecule has 5 nitrogen and oxygen atoms in total. The maximum Gasteiger partial charge on any atom is 0.346 e. The predicted molar refractivity (Wildman–Crippen MR) is 68.0 cm³/mol. The quantitative estimate of drug-likeness (QED) is 0.680. The molecule has 0 spiro atoms. The molecule has 1 atom stereocenters. The lowest BCUT2D eigenvalue weighted by Gasteiger charge is -2.17. The summed E-state index contributed by atoms with van der Waals surface area (Å²) in [6, 6.07) is 2.62. The lowest BCUT2D eigenvalue weighted by Crippen LogP contribution is -2.42. The lowest BCUT2D eigenvalue weighted by atomic mass is 10.00. The van der Waals surface area contributed by atoms with Gasteiger partial charge in [0, 0.05) is 0 Å². The van der Waals surface area contributed by atoms with E-state index in [1.54, 1.807) is 13.8 Å². The summed E-state index contributed by atoms with van der Waals surface area (Å²) in [5.41, 5.74) is -1.44. The molecule has 1 aliphatic heterocycles. The number of halogens is 2. The van der Waals surface area contributed by atoms with Gasteiger partial charge < -0.3 is 5.32 Å². The molecule has 0 bridgehead atoms. The molecule has 1 aliphatic rings. The van der Waals surface area contributed by atoms with E-state index in [9.17, 15) is 18.4 Å². The molecule has 106 valence electrons. The first-order chi connectivity index (χ1) is 9.39. The molecule has 0 aromatic heterocycles. The zero-order chi connectivity index (χ0) is 14.9. The molecule has 7 heteroatoms. The largest absolute Gasteiger partial charge is 0.346 e. The highest BCUT2D eigenvalue weighted by Crippen LogP contribution is 2.21. The molecule has 1 aromatic carbocycles. The van der Waals surface area contributed by atoms with E-state index in [0.29, 0.717) is 11.4 Å².